The van der Waals surface area contributed by atoms with Crippen LogP contribution in [0.3, 0.4) is 0 Å². The number of rotatable bonds is 3. The molecule has 90 valence electrons. The van der Waals surface area contributed by atoms with E-state index in [4.69, 9.17) is 5.73 Å². The zero-order valence-corrected chi connectivity index (χ0v) is 9.32. The van der Waals surface area contributed by atoms with Crippen LogP contribution in [0.25, 0.3) is 0 Å². The van der Waals surface area contributed by atoms with Gasteiger partial charge in [-0.3, -0.25) is 9.69 Å². The first-order chi connectivity index (χ1) is 7.66. The fourth-order valence-corrected chi connectivity index (χ4v) is 2.22. The number of amides is 3. The van der Waals surface area contributed by atoms with Crippen LogP contribution < -0.4 is 11.1 Å². The SMILES string of the molecule is NC1CCCN(CCN2C(=O)CNC2=O)C1. The van der Waals surface area contributed by atoms with Crippen LogP contribution in [0.15, 0.2) is 0 Å². The molecule has 6 heteroatoms. The van der Waals surface area contributed by atoms with E-state index in [9.17, 15) is 9.59 Å². The summed E-state index contributed by atoms with van der Waals surface area (Å²) in [6.45, 7) is 3.21. The third kappa shape index (κ3) is 2.51. The lowest BCUT2D eigenvalue weighted by Crippen LogP contribution is -2.46. The molecule has 16 heavy (non-hydrogen) atoms. The molecule has 2 saturated heterocycles. The lowest BCUT2D eigenvalue weighted by atomic mass is 10.1. The summed E-state index contributed by atoms with van der Waals surface area (Å²) in [4.78, 5) is 26.1. The molecular formula is C10H18N4O2. The molecule has 0 aromatic rings. The summed E-state index contributed by atoms with van der Waals surface area (Å²) < 4.78 is 0. The van der Waals surface area contributed by atoms with Crippen molar-refractivity contribution in [2.24, 2.45) is 5.73 Å². The van der Waals surface area contributed by atoms with Crippen molar-refractivity contribution in [3.8, 4) is 0 Å². The van der Waals surface area contributed by atoms with Gasteiger partial charge in [-0.15, -0.1) is 0 Å². The first kappa shape index (κ1) is 11.3. The van der Waals surface area contributed by atoms with Crippen molar-refractivity contribution in [2.45, 2.75) is 18.9 Å². The topological polar surface area (TPSA) is 78.7 Å². The first-order valence-electron chi connectivity index (χ1n) is 5.73. The van der Waals surface area contributed by atoms with Gasteiger partial charge in [0.25, 0.3) is 0 Å². The summed E-state index contributed by atoms with van der Waals surface area (Å²) in [7, 11) is 0. The van der Waals surface area contributed by atoms with E-state index in [0.717, 1.165) is 32.5 Å². The van der Waals surface area contributed by atoms with Gasteiger partial charge >= 0.3 is 6.03 Å². The van der Waals surface area contributed by atoms with E-state index in [1.165, 1.54) is 4.90 Å². The second-order valence-electron chi connectivity index (χ2n) is 4.41. The van der Waals surface area contributed by atoms with Crippen molar-refractivity contribution in [1.82, 2.24) is 15.1 Å². The summed E-state index contributed by atoms with van der Waals surface area (Å²) in [5, 5.41) is 2.51. The highest BCUT2D eigenvalue weighted by molar-refractivity contribution is 6.01. The van der Waals surface area contributed by atoms with E-state index in [0.29, 0.717) is 6.54 Å². The summed E-state index contributed by atoms with van der Waals surface area (Å²) in [6, 6.07) is -0.0387. The number of hydrogen-bond donors (Lipinski definition) is 2. The Hall–Kier alpha value is -1.14. The molecule has 1 unspecified atom stereocenters. The second-order valence-corrected chi connectivity index (χ2v) is 4.41. The molecule has 2 fully saturated rings. The molecule has 0 saturated carbocycles. The highest BCUT2D eigenvalue weighted by Crippen LogP contribution is 2.08. The third-order valence-electron chi connectivity index (χ3n) is 3.12. The van der Waals surface area contributed by atoms with Gasteiger partial charge in [0.2, 0.25) is 5.91 Å². The van der Waals surface area contributed by atoms with Crippen molar-refractivity contribution in [3.05, 3.63) is 0 Å². The standard InChI is InChI=1S/C10H18N4O2/c11-8-2-1-3-13(7-8)4-5-14-9(15)6-12-10(14)16/h8H,1-7,11H2,(H,12,16). The molecule has 0 radical (unpaired) electrons. The zero-order valence-electron chi connectivity index (χ0n) is 9.32. The predicted molar refractivity (Wildman–Crippen MR) is 58.8 cm³/mol. The number of hydrogen-bond acceptors (Lipinski definition) is 4. The lowest BCUT2D eigenvalue weighted by molar-refractivity contribution is -0.125. The number of carbonyl (C=O) groups is 2. The fraction of sp³-hybridized carbons (Fsp3) is 0.800. The molecule has 0 aliphatic carbocycles. The monoisotopic (exact) mass is 226 g/mol. The van der Waals surface area contributed by atoms with Crippen molar-refractivity contribution >= 4 is 11.9 Å². The Morgan fingerprint density at radius 1 is 1.38 bits per heavy atom. The molecule has 3 N–H and O–H groups in total. The van der Waals surface area contributed by atoms with Gasteiger partial charge in [0.05, 0.1) is 6.54 Å². The van der Waals surface area contributed by atoms with Crippen LogP contribution in [-0.2, 0) is 4.79 Å². The fourth-order valence-electron chi connectivity index (χ4n) is 2.22. The van der Waals surface area contributed by atoms with Crippen LogP contribution in [0.1, 0.15) is 12.8 Å². The van der Waals surface area contributed by atoms with Crippen molar-refractivity contribution in [3.63, 3.8) is 0 Å². The molecule has 6 nitrogen and oxygen atoms in total. The van der Waals surface area contributed by atoms with Crippen molar-refractivity contribution in [1.29, 1.82) is 0 Å². The van der Waals surface area contributed by atoms with Gasteiger partial charge in [0, 0.05) is 25.7 Å². The number of urea groups is 1. The van der Waals surface area contributed by atoms with E-state index < -0.39 is 0 Å². The van der Waals surface area contributed by atoms with E-state index in [2.05, 4.69) is 10.2 Å². The third-order valence-corrected chi connectivity index (χ3v) is 3.12. The van der Waals surface area contributed by atoms with E-state index in [-0.39, 0.29) is 24.5 Å². The van der Waals surface area contributed by atoms with E-state index >= 15 is 0 Å². The first-order valence-corrected chi connectivity index (χ1v) is 5.73. The molecule has 1 atom stereocenters. The Morgan fingerprint density at radius 3 is 2.81 bits per heavy atom. The molecule has 0 spiro atoms. The van der Waals surface area contributed by atoms with Gasteiger partial charge in [-0.1, -0.05) is 0 Å². The van der Waals surface area contributed by atoms with Crippen LogP contribution in [0.2, 0.25) is 0 Å². The molecule has 3 amide bonds. The smallest absolute Gasteiger partial charge is 0.324 e. The Labute approximate surface area is 94.7 Å². The number of piperidine rings is 1. The molecule has 2 aliphatic heterocycles. The van der Waals surface area contributed by atoms with Crippen molar-refractivity contribution < 1.29 is 9.59 Å². The lowest BCUT2D eigenvalue weighted by Gasteiger charge is -2.31. The number of nitrogens with zero attached hydrogens (tertiary/aromatic N) is 2. The minimum absolute atomic E-state index is 0.133. The van der Waals surface area contributed by atoms with E-state index in [1.54, 1.807) is 0 Å². The quantitative estimate of drug-likeness (QED) is 0.603. The summed E-state index contributed by atoms with van der Waals surface area (Å²) >= 11 is 0. The maximum Gasteiger partial charge on any atom is 0.324 e. The molecule has 2 aliphatic rings. The molecule has 0 aromatic heterocycles. The molecule has 2 heterocycles. The normalized spacial score (nSPS) is 27.3. The van der Waals surface area contributed by atoms with Gasteiger partial charge in [-0.05, 0) is 19.4 Å². The number of nitrogens with two attached hydrogens (primary N) is 1. The van der Waals surface area contributed by atoms with Crippen LogP contribution in [0.5, 0.6) is 0 Å². The summed E-state index contributed by atoms with van der Waals surface area (Å²) in [5.41, 5.74) is 5.86. The minimum atomic E-state index is -0.272. The Bertz CT molecular complexity index is 279. The molecule has 0 aromatic carbocycles. The number of nitrogens with one attached hydrogen (secondary N) is 1. The molecule has 2 rings (SSSR count). The van der Waals surface area contributed by atoms with E-state index in [1.807, 2.05) is 0 Å². The van der Waals surface area contributed by atoms with Gasteiger partial charge in [0.1, 0.15) is 0 Å². The van der Waals surface area contributed by atoms with Gasteiger partial charge in [-0.25, -0.2) is 4.79 Å². The Balaban J connectivity index is 1.78. The highest BCUT2D eigenvalue weighted by atomic mass is 16.2. The maximum atomic E-state index is 11.3. The number of imide groups is 1. The largest absolute Gasteiger partial charge is 0.329 e. The van der Waals surface area contributed by atoms with Crippen LogP contribution in [-0.4, -0.2) is 60.5 Å². The number of likely N-dealkylation sites (tertiary alicyclic amines) is 1. The summed E-state index contributed by atoms with van der Waals surface area (Å²) in [6.07, 6.45) is 2.17. The maximum absolute atomic E-state index is 11.3. The second kappa shape index (κ2) is 4.80. The highest BCUT2D eigenvalue weighted by Gasteiger charge is 2.28. The average Bonchev–Trinajstić information content (AvgIpc) is 2.56. The number of carbonyl (C=O) groups excluding carboxylic acids is 2. The average molecular weight is 226 g/mol. The van der Waals surface area contributed by atoms with Gasteiger partial charge in [-0.2, -0.15) is 0 Å². The zero-order chi connectivity index (χ0) is 11.5. The predicted octanol–water partition coefficient (Wildman–Crippen LogP) is -1.04. The summed E-state index contributed by atoms with van der Waals surface area (Å²) in [5.74, 6) is -0.133. The Kier molecular flexibility index (Phi) is 3.40. The van der Waals surface area contributed by atoms with Crippen LogP contribution >= 0.6 is 0 Å². The van der Waals surface area contributed by atoms with Gasteiger partial charge < -0.3 is 16.0 Å². The van der Waals surface area contributed by atoms with Crippen molar-refractivity contribution in [2.75, 3.05) is 32.7 Å². The van der Waals surface area contributed by atoms with Crippen LogP contribution in [0.4, 0.5) is 4.79 Å². The van der Waals surface area contributed by atoms with Gasteiger partial charge in [0.15, 0.2) is 0 Å². The molecule has 0 bridgehead atoms. The molecular weight excluding hydrogens is 208 g/mol. The van der Waals surface area contributed by atoms with Crippen LogP contribution in [0, 0.1) is 0 Å². The minimum Gasteiger partial charge on any atom is -0.329 e. The Morgan fingerprint density at radius 2 is 2.19 bits per heavy atom.